The summed E-state index contributed by atoms with van der Waals surface area (Å²) in [7, 11) is 0. The van der Waals surface area contributed by atoms with Crippen molar-refractivity contribution in [2.24, 2.45) is 0 Å². The van der Waals surface area contributed by atoms with Crippen LogP contribution in [0.3, 0.4) is 0 Å². The minimum atomic E-state index is -0.153. The van der Waals surface area contributed by atoms with Gasteiger partial charge in [-0.15, -0.1) is 0 Å². The third kappa shape index (κ3) is 2.87. The number of nitrogens with zero attached hydrogens (tertiary/aromatic N) is 1. The number of rotatable bonds is 3. The Labute approximate surface area is 124 Å². The average molecular weight is 286 g/mol. The zero-order chi connectivity index (χ0) is 14.8. The monoisotopic (exact) mass is 286 g/mol. The molecule has 0 atom stereocenters. The molecule has 0 unspecified atom stereocenters. The molecule has 0 spiro atoms. The molecule has 1 aliphatic heterocycles. The van der Waals surface area contributed by atoms with Gasteiger partial charge in [-0.25, -0.2) is 0 Å². The van der Waals surface area contributed by atoms with E-state index in [0.717, 1.165) is 55.4 Å². The zero-order valence-corrected chi connectivity index (χ0v) is 12.4. The number of piperidine rings is 1. The Morgan fingerprint density at radius 2 is 1.90 bits per heavy atom. The maximum atomic E-state index is 12.1. The van der Waals surface area contributed by atoms with Crippen LogP contribution in [0.15, 0.2) is 29.1 Å². The van der Waals surface area contributed by atoms with Gasteiger partial charge in [0.15, 0.2) is 0 Å². The van der Waals surface area contributed by atoms with Gasteiger partial charge in [0.05, 0.1) is 6.10 Å². The van der Waals surface area contributed by atoms with Crippen LogP contribution in [0.5, 0.6) is 0 Å². The summed E-state index contributed by atoms with van der Waals surface area (Å²) in [6, 6.07) is 7.82. The molecule has 1 fully saturated rings. The summed E-state index contributed by atoms with van der Waals surface area (Å²) in [4.78, 5) is 17.5. The van der Waals surface area contributed by atoms with E-state index in [0.29, 0.717) is 0 Å². The van der Waals surface area contributed by atoms with Gasteiger partial charge in [0.25, 0.3) is 5.56 Å². The van der Waals surface area contributed by atoms with Gasteiger partial charge in [-0.1, -0.05) is 25.1 Å². The fourth-order valence-corrected chi connectivity index (χ4v) is 3.17. The smallest absolute Gasteiger partial charge is 0.256 e. The summed E-state index contributed by atoms with van der Waals surface area (Å²) in [6.07, 6.45) is 2.34. The van der Waals surface area contributed by atoms with Crippen LogP contribution in [0.2, 0.25) is 0 Å². The minimum Gasteiger partial charge on any atom is -0.393 e. The Bertz CT molecular complexity index is 685. The van der Waals surface area contributed by atoms with Crippen molar-refractivity contribution in [3.8, 4) is 0 Å². The SMILES string of the molecule is CCc1[nH]c(=O)c2ccccc2c1CN1CCC(O)CC1. The first-order valence-corrected chi connectivity index (χ1v) is 7.72. The second-order valence-corrected chi connectivity index (χ2v) is 5.82. The molecule has 4 nitrogen and oxygen atoms in total. The number of likely N-dealkylation sites (tertiary alicyclic amines) is 1. The number of fused-ring (bicyclic) bond motifs is 1. The van der Waals surface area contributed by atoms with Crippen LogP contribution in [-0.2, 0) is 13.0 Å². The van der Waals surface area contributed by atoms with Gasteiger partial charge in [-0.05, 0) is 36.3 Å². The second kappa shape index (κ2) is 6.00. The number of aliphatic hydroxyl groups is 1. The first-order chi connectivity index (χ1) is 10.2. The lowest BCUT2D eigenvalue weighted by Crippen LogP contribution is -2.35. The lowest BCUT2D eigenvalue weighted by Gasteiger charge is -2.30. The molecule has 2 aromatic rings. The van der Waals surface area contributed by atoms with Gasteiger partial charge >= 0.3 is 0 Å². The Kier molecular flexibility index (Phi) is 4.08. The predicted octanol–water partition coefficient (Wildman–Crippen LogP) is 2.05. The van der Waals surface area contributed by atoms with Crippen molar-refractivity contribution in [1.82, 2.24) is 9.88 Å². The lowest BCUT2D eigenvalue weighted by atomic mass is 10.0. The molecule has 1 aromatic heterocycles. The van der Waals surface area contributed by atoms with Gasteiger partial charge in [0.2, 0.25) is 0 Å². The van der Waals surface area contributed by atoms with E-state index in [9.17, 15) is 9.90 Å². The molecule has 1 aliphatic rings. The largest absolute Gasteiger partial charge is 0.393 e. The van der Waals surface area contributed by atoms with Gasteiger partial charge in [-0.2, -0.15) is 0 Å². The van der Waals surface area contributed by atoms with Gasteiger partial charge in [-0.3, -0.25) is 9.69 Å². The summed E-state index contributed by atoms with van der Waals surface area (Å²) in [6.45, 7) is 4.74. The summed E-state index contributed by atoms with van der Waals surface area (Å²) in [5, 5.41) is 11.5. The summed E-state index contributed by atoms with van der Waals surface area (Å²) in [5.74, 6) is 0. The molecule has 0 radical (unpaired) electrons. The maximum Gasteiger partial charge on any atom is 0.256 e. The quantitative estimate of drug-likeness (QED) is 0.908. The van der Waals surface area contributed by atoms with E-state index in [1.807, 2.05) is 24.3 Å². The molecule has 3 rings (SSSR count). The number of aryl methyl sites for hydroxylation is 1. The van der Waals surface area contributed by atoms with Crippen LogP contribution in [0.25, 0.3) is 10.8 Å². The minimum absolute atomic E-state index is 0.000247. The number of aliphatic hydroxyl groups excluding tert-OH is 1. The molecule has 0 aliphatic carbocycles. The normalized spacial score (nSPS) is 17.4. The van der Waals surface area contributed by atoms with Crippen LogP contribution < -0.4 is 5.56 Å². The van der Waals surface area contributed by atoms with E-state index in [4.69, 9.17) is 0 Å². The van der Waals surface area contributed by atoms with Crippen molar-refractivity contribution in [1.29, 1.82) is 0 Å². The molecule has 1 saturated heterocycles. The third-order valence-corrected chi connectivity index (χ3v) is 4.42. The van der Waals surface area contributed by atoms with E-state index in [2.05, 4.69) is 16.8 Å². The topological polar surface area (TPSA) is 56.3 Å². The first-order valence-electron chi connectivity index (χ1n) is 7.72. The Morgan fingerprint density at radius 3 is 2.57 bits per heavy atom. The van der Waals surface area contributed by atoms with Crippen molar-refractivity contribution >= 4 is 10.8 Å². The molecule has 4 heteroatoms. The van der Waals surface area contributed by atoms with Crippen molar-refractivity contribution in [2.75, 3.05) is 13.1 Å². The standard InChI is InChI=1S/C17H22N2O2/c1-2-16-15(11-19-9-7-12(20)8-10-19)13-5-3-4-6-14(13)17(21)18-16/h3-6,12,20H,2,7-11H2,1H3,(H,18,21). The lowest BCUT2D eigenvalue weighted by molar-refractivity contribution is 0.0793. The molecule has 2 heterocycles. The number of aromatic amines is 1. The van der Waals surface area contributed by atoms with Crippen LogP contribution >= 0.6 is 0 Å². The predicted molar refractivity (Wildman–Crippen MR) is 84.5 cm³/mol. The molecule has 0 amide bonds. The van der Waals surface area contributed by atoms with E-state index < -0.39 is 0 Å². The third-order valence-electron chi connectivity index (χ3n) is 4.42. The fraction of sp³-hybridized carbons (Fsp3) is 0.471. The van der Waals surface area contributed by atoms with Gasteiger partial charge in [0, 0.05) is 30.7 Å². The summed E-state index contributed by atoms with van der Waals surface area (Å²) >= 11 is 0. The first kappa shape index (κ1) is 14.3. The number of pyridine rings is 1. The number of aromatic nitrogens is 1. The number of benzene rings is 1. The molecule has 1 aromatic carbocycles. The van der Waals surface area contributed by atoms with E-state index in [-0.39, 0.29) is 11.7 Å². The van der Waals surface area contributed by atoms with Crippen LogP contribution in [0.4, 0.5) is 0 Å². The van der Waals surface area contributed by atoms with Crippen molar-refractivity contribution in [2.45, 2.75) is 38.8 Å². The highest BCUT2D eigenvalue weighted by Crippen LogP contribution is 2.22. The molecule has 0 bridgehead atoms. The van der Waals surface area contributed by atoms with E-state index in [1.54, 1.807) is 0 Å². The fourth-order valence-electron chi connectivity index (χ4n) is 3.17. The van der Waals surface area contributed by atoms with Gasteiger partial charge < -0.3 is 10.1 Å². The van der Waals surface area contributed by atoms with Crippen LogP contribution in [0, 0.1) is 0 Å². The molecule has 112 valence electrons. The molecular formula is C17H22N2O2. The highest BCUT2D eigenvalue weighted by Gasteiger charge is 2.19. The van der Waals surface area contributed by atoms with Crippen LogP contribution in [0.1, 0.15) is 31.0 Å². The van der Waals surface area contributed by atoms with Crippen molar-refractivity contribution < 1.29 is 5.11 Å². The maximum absolute atomic E-state index is 12.1. The summed E-state index contributed by atoms with van der Waals surface area (Å²) < 4.78 is 0. The number of hydrogen-bond donors (Lipinski definition) is 2. The van der Waals surface area contributed by atoms with Crippen LogP contribution in [-0.4, -0.2) is 34.2 Å². The highest BCUT2D eigenvalue weighted by molar-refractivity contribution is 5.85. The average Bonchev–Trinajstić information content (AvgIpc) is 2.52. The van der Waals surface area contributed by atoms with Crippen molar-refractivity contribution in [3.05, 3.63) is 45.9 Å². The van der Waals surface area contributed by atoms with Crippen molar-refractivity contribution in [3.63, 3.8) is 0 Å². The van der Waals surface area contributed by atoms with E-state index in [1.165, 1.54) is 5.56 Å². The van der Waals surface area contributed by atoms with E-state index >= 15 is 0 Å². The Morgan fingerprint density at radius 1 is 1.24 bits per heavy atom. The second-order valence-electron chi connectivity index (χ2n) is 5.82. The zero-order valence-electron chi connectivity index (χ0n) is 12.4. The van der Waals surface area contributed by atoms with Gasteiger partial charge in [0.1, 0.15) is 0 Å². The molecule has 21 heavy (non-hydrogen) atoms. The molecule has 0 saturated carbocycles. The highest BCUT2D eigenvalue weighted by atomic mass is 16.3. The Hall–Kier alpha value is -1.65. The Balaban J connectivity index is 2.00. The number of nitrogens with one attached hydrogen (secondary N) is 1. The summed E-state index contributed by atoms with van der Waals surface area (Å²) in [5.41, 5.74) is 2.26. The number of hydrogen-bond acceptors (Lipinski definition) is 3. The molecular weight excluding hydrogens is 264 g/mol. The molecule has 2 N–H and O–H groups in total. The number of H-pyrrole nitrogens is 1.